The number of carbonyl (C=O) groups is 1. The number of hydrogen-bond donors (Lipinski definition) is 2. The van der Waals surface area contributed by atoms with E-state index in [0.717, 1.165) is 0 Å². The van der Waals surface area contributed by atoms with Gasteiger partial charge in [0.05, 0.1) is 17.0 Å². The summed E-state index contributed by atoms with van der Waals surface area (Å²) in [6, 6.07) is 13.3. The molecule has 2 atom stereocenters. The maximum atomic E-state index is 13.0. The fraction of sp³-hybridized carbons (Fsp3) is 0.435. The number of amides is 1. The van der Waals surface area contributed by atoms with Gasteiger partial charge in [-0.05, 0) is 36.1 Å². The Kier molecular flexibility index (Phi) is 8.18. The molecule has 0 radical (unpaired) electrons. The lowest BCUT2D eigenvalue weighted by atomic mass is 9.93. The van der Waals surface area contributed by atoms with E-state index in [-0.39, 0.29) is 16.4 Å². The summed E-state index contributed by atoms with van der Waals surface area (Å²) < 4.78 is 27.3. The molecule has 0 aliphatic heterocycles. The molecule has 2 rings (SSSR count). The smallest absolute Gasteiger partial charge is 0.251 e. The molecule has 30 heavy (non-hydrogen) atoms. The summed E-state index contributed by atoms with van der Waals surface area (Å²) in [5.74, 6) is -0.451. The number of nitrogens with one attached hydrogen (secondary N) is 1. The number of aliphatic hydroxyl groups is 1. The SMILES string of the molecule is CCN(CC)S(=O)(=O)c1cc(C(=O)N[C@H](C(C)C)[C@H](O)c2ccccc2)ccc1C. The minimum atomic E-state index is -3.69. The van der Waals surface area contributed by atoms with Gasteiger partial charge in [0.1, 0.15) is 0 Å². The highest BCUT2D eigenvalue weighted by Gasteiger charge is 2.28. The number of hydrogen-bond acceptors (Lipinski definition) is 4. The Labute approximate surface area is 180 Å². The lowest BCUT2D eigenvalue weighted by Crippen LogP contribution is -2.43. The van der Waals surface area contributed by atoms with Crippen molar-refractivity contribution in [1.82, 2.24) is 9.62 Å². The molecule has 2 aromatic rings. The van der Waals surface area contributed by atoms with Gasteiger partial charge in [-0.25, -0.2) is 8.42 Å². The van der Waals surface area contributed by atoms with Gasteiger partial charge in [-0.1, -0.05) is 64.1 Å². The van der Waals surface area contributed by atoms with E-state index < -0.39 is 28.1 Å². The molecule has 1 amide bonds. The number of nitrogens with zero attached hydrogens (tertiary/aromatic N) is 1. The summed E-state index contributed by atoms with van der Waals surface area (Å²) >= 11 is 0. The average Bonchev–Trinajstić information content (AvgIpc) is 2.72. The summed E-state index contributed by atoms with van der Waals surface area (Å²) in [6.45, 7) is 9.83. The van der Waals surface area contributed by atoms with Gasteiger partial charge in [-0.15, -0.1) is 0 Å². The van der Waals surface area contributed by atoms with Gasteiger partial charge in [0.2, 0.25) is 10.0 Å². The van der Waals surface area contributed by atoms with Gasteiger partial charge in [0.15, 0.2) is 0 Å². The van der Waals surface area contributed by atoms with Crippen molar-refractivity contribution in [1.29, 1.82) is 0 Å². The van der Waals surface area contributed by atoms with E-state index in [4.69, 9.17) is 0 Å². The highest BCUT2D eigenvalue weighted by molar-refractivity contribution is 7.89. The Hall–Kier alpha value is -2.22. The molecule has 0 unspecified atom stereocenters. The Morgan fingerprint density at radius 1 is 1.07 bits per heavy atom. The normalized spacial score (nSPS) is 14.0. The van der Waals surface area contributed by atoms with Crippen LogP contribution in [-0.2, 0) is 10.0 Å². The standard InChI is InChI=1S/C23H32N2O4S/c1-6-25(7-2)30(28,29)20-15-19(14-13-17(20)5)23(27)24-21(16(3)4)22(26)18-11-9-8-10-12-18/h8-16,21-22,26H,6-7H2,1-5H3,(H,24,27)/t21-,22-/m1/s1. The lowest BCUT2D eigenvalue weighted by Gasteiger charge is -2.28. The largest absolute Gasteiger partial charge is 0.386 e. The number of aliphatic hydroxyl groups excluding tert-OH is 1. The van der Waals surface area contributed by atoms with E-state index in [0.29, 0.717) is 24.2 Å². The van der Waals surface area contributed by atoms with Crippen LogP contribution in [0.1, 0.15) is 55.3 Å². The van der Waals surface area contributed by atoms with Crippen LogP contribution in [0.2, 0.25) is 0 Å². The molecule has 0 aliphatic carbocycles. The molecule has 2 aromatic carbocycles. The summed E-state index contributed by atoms with van der Waals surface area (Å²) in [6.07, 6.45) is -0.875. The van der Waals surface area contributed by atoms with Crippen LogP contribution >= 0.6 is 0 Å². The summed E-state index contributed by atoms with van der Waals surface area (Å²) in [4.78, 5) is 13.1. The van der Waals surface area contributed by atoms with Crippen LogP contribution in [0.3, 0.4) is 0 Å². The van der Waals surface area contributed by atoms with Crippen LogP contribution in [0.25, 0.3) is 0 Å². The molecule has 0 bridgehead atoms. The van der Waals surface area contributed by atoms with Crippen molar-refractivity contribution in [2.75, 3.05) is 13.1 Å². The van der Waals surface area contributed by atoms with E-state index in [1.165, 1.54) is 10.4 Å². The highest BCUT2D eigenvalue weighted by atomic mass is 32.2. The predicted octanol–water partition coefficient (Wildman–Crippen LogP) is 3.51. The van der Waals surface area contributed by atoms with Gasteiger partial charge < -0.3 is 10.4 Å². The molecule has 0 heterocycles. The Bertz CT molecular complexity index is 954. The summed E-state index contributed by atoms with van der Waals surface area (Å²) in [7, 11) is -3.69. The molecule has 0 aliphatic rings. The number of aryl methyl sites for hydroxylation is 1. The van der Waals surface area contributed by atoms with Crippen LogP contribution in [0.15, 0.2) is 53.4 Å². The van der Waals surface area contributed by atoms with E-state index in [9.17, 15) is 18.3 Å². The number of sulfonamides is 1. The second-order valence-corrected chi connectivity index (χ2v) is 9.57. The fourth-order valence-corrected chi connectivity index (χ4v) is 5.13. The number of rotatable bonds is 9. The molecule has 0 saturated carbocycles. The van der Waals surface area contributed by atoms with Crippen molar-refractivity contribution in [3.63, 3.8) is 0 Å². The molecule has 0 fully saturated rings. The van der Waals surface area contributed by atoms with Gasteiger partial charge in [-0.3, -0.25) is 4.79 Å². The van der Waals surface area contributed by atoms with E-state index in [2.05, 4.69) is 5.32 Å². The minimum absolute atomic E-state index is 0.0338. The minimum Gasteiger partial charge on any atom is -0.386 e. The highest BCUT2D eigenvalue weighted by Crippen LogP contribution is 2.24. The number of carbonyl (C=O) groups excluding carboxylic acids is 1. The molecule has 2 N–H and O–H groups in total. The predicted molar refractivity (Wildman–Crippen MR) is 119 cm³/mol. The molecule has 6 nitrogen and oxygen atoms in total. The zero-order valence-electron chi connectivity index (χ0n) is 18.3. The maximum absolute atomic E-state index is 13.0. The van der Waals surface area contributed by atoms with Crippen LogP contribution in [-0.4, -0.2) is 42.9 Å². The van der Waals surface area contributed by atoms with Gasteiger partial charge >= 0.3 is 0 Å². The van der Waals surface area contributed by atoms with Gasteiger partial charge in [0.25, 0.3) is 5.91 Å². The van der Waals surface area contributed by atoms with Crippen molar-refractivity contribution in [2.24, 2.45) is 5.92 Å². The first-order valence-electron chi connectivity index (χ1n) is 10.3. The van der Waals surface area contributed by atoms with E-state index in [1.807, 2.05) is 44.2 Å². The van der Waals surface area contributed by atoms with Crippen molar-refractivity contribution in [2.45, 2.75) is 51.7 Å². The maximum Gasteiger partial charge on any atom is 0.251 e. The zero-order chi connectivity index (χ0) is 22.5. The first-order chi connectivity index (χ1) is 14.1. The van der Waals surface area contributed by atoms with Crippen molar-refractivity contribution in [3.8, 4) is 0 Å². The lowest BCUT2D eigenvalue weighted by molar-refractivity contribution is 0.0759. The summed E-state index contributed by atoms with van der Waals surface area (Å²) in [5, 5.41) is 13.7. The Balaban J connectivity index is 2.34. The van der Waals surface area contributed by atoms with E-state index in [1.54, 1.807) is 32.9 Å². The second-order valence-electron chi connectivity index (χ2n) is 7.67. The fourth-order valence-electron chi connectivity index (χ4n) is 3.42. The third kappa shape index (κ3) is 5.28. The third-order valence-electron chi connectivity index (χ3n) is 5.27. The zero-order valence-corrected chi connectivity index (χ0v) is 19.1. The molecular formula is C23H32N2O4S. The van der Waals surface area contributed by atoms with Crippen molar-refractivity contribution < 1.29 is 18.3 Å². The molecular weight excluding hydrogens is 400 g/mol. The monoisotopic (exact) mass is 432 g/mol. The van der Waals surface area contributed by atoms with Crippen molar-refractivity contribution in [3.05, 3.63) is 65.2 Å². The van der Waals surface area contributed by atoms with Gasteiger partial charge in [-0.2, -0.15) is 4.31 Å². The molecule has 7 heteroatoms. The van der Waals surface area contributed by atoms with Crippen LogP contribution < -0.4 is 5.32 Å². The Morgan fingerprint density at radius 3 is 2.20 bits per heavy atom. The van der Waals surface area contributed by atoms with Gasteiger partial charge in [0, 0.05) is 18.7 Å². The Morgan fingerprint density at radius 2 is 1.67 bits per heavy atom. The third-order valence-corrected chi connectivity index (χ3v) is 7.46. The van der Waals surface area contributed by atoms with Crippen molar-refractivity contribution >= 4 is 15.9 Å². The molecule has 0 aromatic heterocycles. The second kappa shape index (κ2) is 10.2. The molecule has 0 saturated heterocycles. The number of benzene rings is 2. The van der Waals surface area contributed by atoms with Crippen LogP contribution in [0.4, 0.5) is 0 Å². The first-order valence-corrected chi connectivity index (χ1v) is 11.7. The first kappa shape index (κ1) is 24.1. The quantitative estimate of drug-likeness (QED) is 0.635. The van der Waals surface area contributed by atoms with Crippen LogP contribution in [0, 0.1) is 12.8 Å². The summed E-state index contributed by atoms with van der Waals surface area (Å²) in [5.41, 5.74) is 1.55. The molecule has 164 valence electrons. The van der Waals surface area contributed by atoms with Crippen LogP contribution in [0.5, 0.6) is 0 Å². The molecule has 0 spiro atoms. The van der Waals surface area contributed by atoms with E-state index >= 15 is 0 Å². The average molecular weight is 433 g/mol. The topological polar surface area (TPSA) is 86.7 Å².